The third-order valence-electron chi connectivity index (χ3n) is 2.47. The van der Waals surface area contributed by atoms with Crippen LogP contribution < -0.4 is 5.32 Å². The Morgan fingerprint density at radius 3 is 2.44 bits per heavy atom. The third kappa shape index (κ3) is 3.78. The lowest BCUT2D eigenvalue weighted by Crippen LogP contribution is -2.24. The normalized spacial score (nSPS) is 12.4. The van der Waals surface area contributed by atoms with Gasteiger partial charge in [-0.15, -0.1) is 0 Å². The largest absolute Gasteiger partial charge is 0.310 e. The van der Waals surface area contributed by atoms with E-state index in [0.717, 1.165) is 5.56 Å². The molecule has 0 atom stereocenters. The minimum Gasteiger partial charge on any atom is -0.310 e. The number of rotatable bonds is 5. The Morgan fingerprint density at radius 2 is 1.94 bits per heavy atom. The molecule has 0 aromatic heterocycles. The van der Waals surface area contributed by atoms with Gasteiger partial charge in [0.15, 0.2) is 0 Å². The van der Waals surface area contributed by atoms with Crippen LogP contribution in [0, 0.1) is 0 Å². The highest BCUT2D eigenvalue weighted by molar-refractivity contribution is 9.10. The molecule has 18 heavy (non-hydrogen) atoms. The number of hydrogen-bond acceptors (Lipinski definition) is 3. The predicted octanol–water partition coefficient (Wildman–Crippen LogP) is 2.20. The van der Waals surface area contributed by atoms with Crippen molar-refractivity contribution >= 4 is 26.0 Å². The average Bonchev–Trinajstić information content (AvgIpc) is 2.27. The van der Waals surface area contributed by atoms with Crippen molar-refractivity contribution in [2.45, 2.75) is 31.3 Å². The minimum atomic E-state index is -3.41. The highest BCUT2D eigenvalue weighted by Crippen LogP contribution is 2.25. The van der Waals surface area contributed by atoms with Crippen molar-refractivity contribution in [2.24, 2.45) is 0 Å². The molecule has 0 unspecified atom stereocenters. The summed E-state index contributed by atoms with van der Waals surface area (Å²) in [4.78, 5) is 0.301. The van der Waals surface area contributed by atoms with Gasteiger partial charge < -0.3 is 5.32 Å². The van der Waals surface area contributed by atoms with E-state index in [1.807, 2.05) is 6.07 Å². The van der Waals surface area contributed by atoms with Crippen molar-refractivity contribution in [3.05, 3.63) is 28.2 Å². The Morgan fingerprint density at radius 1 is 1.33 bits per heavy atom. The Balaban J connectivity index is 3.10. The molecule has 6 heteroatoms. The van der Waals surface area contributed by atoms with Crippen molar-refractivity contribution in [2.75, 3.05) is 14.1 Å². The number of nitrogens with one attached hydrogen (secondary N) is 1. The molecular weight excluding hydrogens is 316 g/mol. The van der Waals surface area contributed by atoms with Crippen LogP contribution in [0.25, 0.3) is 0 Å². The predicted molar refractivity (Wildman–Crippen MR) is 77.0 cm³/mol. The van der Waals surface area contributed by atoms with Crippen LogP contribution in [-0.2, 0) is 16.6 Å². The van der Waals surface area contributed by atoms with Gasteiger partial charge in [-0.05, 0) is 33.6 Å². The molecule has 0 saturated carbocycles. The molecule has 0 amide bonds. The quantitative estimate of drug-likeness (QED) is 0.897. The molecule has 0 spiro atoms. The number of hydrogen-bond donors (Lipinski definition) is 1. The topological polar surface area (TPSA) is 49.4 Å². The van der Waals surface area contributed by atoms with E-state index in [9.17, 15) is 8.42 Å². The maximum absolute atomic E-state index is 12.1. The van der Waals surface area contributed by atoms with E-state index in [-0.39, 0.29) is 0 Å². The average molecular weight is 335 g/mol. The van der Waals surface area contributed by atoms with Crippen molar-refractivity contribution in [3.8, 4) is 0 Å². The Bertz CT molecular complexity index is 513. The lowest BCUT2D eigenvalue weighted by atomic mass is 10.2. The number of nitrogens with zero attached hydrogens (tertiary/aromatic N) is 1. The van der Waals surface area contributed by atoms with Gasteiger partial charge in [0.1, 0.15) is 0 Å². The Hall–Kier alpha value is -0.430. The third-order valence-corrected chi connectivity index (χ3v) is 5.28. The van der Waals surface area contributed by atoms with Crippen LogP contribution >= 0.6 is 15.9 Å². The summed E-state index contributed by atoms with van der Waals surface area (Å²) in [5, 5.41) is 3.27. The molecule has 0 fully saturated rings. The van der Waals surface area contributed by atoms with Crippen LogP contribution in [0.3, 0.4) is 0 Å². The minimum absolute atomic E-state index is 0.301. The molecule has 0 radical (unpaired) electrons. The Kier molecular flexibility index (Phi) is 5.33. The lowest BCUT2D eigenvalue weighted by Gasteiger charge is -2.15. The fraction of sp³-hybridized carbons (Fsp3) is 0.500. The van der Waals surface area contributed by atoms with E-state index in [0.29, 0.717) is 22.0 Å². The first-order valence-corrected chi connectivity index (χ1v) is 7.93. The molecule has 1 aromatic carbocycles. The van der Waals surface area contributed by atoms with Crippen LogP contribution in [0.4, 0.5) is 0 Å². The van der Waals surface area contributed by atoms with Gasteiger partial charge in [-0.1, -0.05) is 19.9 Å². The van der Waals surface area contributed by atoms with E-state index >= 15 is 0 Å². The zero-order valence-corrected chi connectivity index (χ0v) is 13.5. The molecule has 0 aliphatic heterocycles. The standard InChI is InChI=1S/C12H19BrN2O2S/c1-9(2)14-8-10-5-6-11(13)12(7-10)18(16,17)15(3)4/h5-7,9,14H,8H2,1-4H3. The SMILES string of the molecule is CC(C)NCc1ccc(Br)c(S(=O)(=O)N(C)C)c1. The smallest absolute Gasteiger partial charge is 0.243 e. The van der Waals surface area contributed by atoms with Crippen LogP contribution in [0.15, 0.2) is 27.6 Å². The van der Waals surface area contributed by atoms with Gasteiger partial charge in [0.25, 0.3) is 0 Å². The first kappa shape index (κ1) is 15.6. The molecule has 0 heterocycles. The number of benzene rings is 1. The highest BCUT2D eigenvalue weighted by Gasteiger charge is 2.20. The summed E-state index contributed by atoms with van der Waals surface area (Å²) in [5.74, 6) is 0. The van der Waals surface area contributed by atoms with Crippen molar-refractivity contribution < 1.29 is 8.42 Å². The monoisotopic (exact) mass is 334 g/mol. The number of halogens is 1. The van der Waals surface area contributed by atoms with Gasteiger partial charge in [-0.2, -0.15) is 0 Å². The summed E-state index contributed by atoms with van der Waals surface area (Å²) in [6.07, 6.45) is 0. The molecule has 102 valence electrons. The van der Waals surface area contributed by atoms with E-state index in [1.54, 1.807) is 12.1 Å². The summed E-state index contributed by atoms with van der Waals surface area (Å²) < 4.78 is 26.0. The van der Waals surface area contributed by atoms with Crippen LogP contribution in [0.1, 0.15) is 19.4 Å². The maximum atomic E-state index is 12.1. The highest BCUT2D eigenvalue weighted by atomic mass is 79.9. The van der Waals surface area contributed by atoms with E-state index in [2.05, 4.69) is 35.1 Å². The van der Waals surface area contributed by atoms with Gasteiger partial charge in [0, 0.05) is 31.2 Å². The van der Waals surface area contributed by atoms with Crippen molar-refractivity contribution in [1.82, 2.24) is 9.62 Å². The zero-order chi connectivity index (χ0) is 13.9. The van der Waals surface area contributed by atoms with E-state index in [1.165, 1.54) is 18.4 Å². The molecule has 1 aromatic rings. The summed E-state index contributed by atoms with van der Waals surface area (Å²) >= 11 is 3.29. The molecule has 0 bridgehead atoms. The van der Waals surface area contributed by atoms with Crippen LogP contribution in [0.5, 0.6) is 0 Å². The first-order chi connectivity index (χ1) is 8.25. The fourth-order valence-corrected chi connectivity index (χ4v) is 3.24. The van der Waals surface area contributed by atoms with Crippen LogP contribution in [0.2, 0.25) is 0 Å². The summed E-state index contributed by atoms with van der Waals surface area (Å²) in [6, 6.07) is 5.75. The second-order valence-electron chi connectivity index (χ2n) is 4.59. The zero-order valence-electron chi connectivity index (χ0n) is 11.1. The second kappa shape index (κ2) is 6.14. The Labute approximate surface area is 118 Å². The molecular formula is C12H19BrN2O2S. The van der Waals surface area contributed by atoms with Gasteiger partial charge in [0.2, 0.25) is 10.0 Å². The van der Waals surface area contributed by atoms with Gasteiger partial charge in [0.05, 0.1) is 4.90 Å². The van der Waals surface area contributed by atoms with Gasteiger partial charge >= 0.3 is 0 Å². The maximum Gasteiger partial charge on any atom is 0.243 e. The fourth-order valence-electron chi connectivity index (χ4n) is 1.37. The second-order valence-corrected chi connectivity index (χ2v) is 7.56. The summed E-state index contributed by atoms with van der Waals surface area (Å²) in [5.41, 5.74) is 0.951. The molecule has 1 N–H and O–H groups in total. The van der Waals surface area contributed by atoms with Gasteiger partial charge in [-0.25, -0.2) is 12.7 Å². The van der Waals surface area contributed by atoms with Crippen molar-refractivity contribution in [3.63, 3.8) is 0 Å². The number of sulfonamides is 1. The molecule has 0 saturated heterocycles. The summed E-state index contributed by atoms with van der Waals surface area (Å²) in [6.45, 7) is 4.76. The summed E-state index contributed by atoms with van der Waals surface area (Å²) in [7, 11) is -0.353. The van der Waals surface area contributed by atoms with Gasteiger partial charge in [-0.3, -0.25) is 0 Å². The molecule has 1 rings (SSSR count). The first-order valence-electron chi connectivity index (χ1n) is 5.69. The lowest BCUT2D eigenvalue weighted by molar-refractivity contribution is 0.520. The molecule has 4 nitrogen and oxygen atoms in total. The van der Waals surface area contributed by atoms with Crippen molar-refractivity contribution in [1.29, 1.82) is 0 Å². The van der Waals surface area contributed by atoms with E-state index in [4.69, 9.17) is 0 Å². The molecule has 0 aliphatic carbocycles. The van der Waals surface area contributed by atoms with E-state index < -0.39 is 10.0 Å². The van der Waals surface area contributed by atoms with Crippen LogP contribution in [-0.4, -0.2) is 32.9 Å². The molecule has 0 aliphatic rings.